The van der Waals surface area contributed by atoms with Gasteiger partial charge in [0.25, 0.3) is 0 Å². The molecule has 1 aliphatic carbocycles. The third kappa shape index (κ3) is 2.93. The van der Waals surface area contributed by atoms with Gasteiger partial charge in [0, 0.05) is 16.7 Å². The Hall–Kier alpha value is -0.870. The van der Waals surface area contributed by atoms with Crippen molar-refractivity contribution in [2.75, 3.05) is 11.9 Å². The fourth-order valence-electron chi connectivity index (χ4n) is 2.58. The number of nitrogens with two attached hydrogens (primary N) is 1. The molecule has 1 amide bonds. The van der Waals surface area contributed by atoms with E-state index in [0.29, 0.717) is 6.54 Å². The molecule has 4 heteroatoms. The molecule has 0 aromatic heterocycles. The predicted molar refractivity (Wildman–Crippen MR) is 77.3 cm³/mol. The van der Waals surface area contributed by atoms with E-state index < -0.39 is 0 Å². The van der Waals surface area contributed by atoms with Gasteiger partial charge in [-0.15, -0.1) is 0 Å². The van der Waals surface area contributed by atoms with Gasteiger partial charge in [-0.05, 0) is 31.0 Å². The number of rotatable bonds is 3. The van der Waals surface area contributed by atoms with E-state index >= 15 is 0 Å². The van der Waals surface area contributed by atoms with E-state index in [9.17, 15) is 4.79 Å². The van der Waals surface area contributed by atoms with E-state index in [1.54, 1.807) is 0 Å². The smallest absolute Gasteiger partial charge is 0.231 e. The van der Waals surface area contributed by atoms with Crippen molar-refractivity contribution < 1.29 is 4.79 Å². The molecule has 2 rings (SSSR count). The Morgan fingerprint density at radius 3 is 2.67 bits per heavy atom. The van der Waals surface area contributed by atoms with Crippen LogP contribution in [0.4, 0.5) is 5.69 Å². The van der Waals surface area contributed by atoms with Crippen molar-refractivity contribution >= 4 is 27.5 Å². The number of amides is 1. The average molecular weight is 311 g/mol. The minimum absolute atomic E-state index is 0.0720. The van der Waals surface area contributed by atoms with Crippen LogP contribution in [0.1, 0.15) is 32.1 Å². The Morgan fingerprint density at radius 1 is 1.33 bits per heavy atom. The van der Waals surface area contributed by atoms with Crippen LogP contribution < -0.4 is 11.1 Å². The first-order chi connectivity index (χ1) is 8.66. The highest BCUT2D eigenvalue weighted by Gasteiger charge is 2.38. The quantitative estimate of drug-likeness (QED) is 0.900. The fraction of sp³-hybridized carbons (Fsp3) is 0.500. The molecule has 0 atom stereocenters. The molecule has 0 spiro atoms. The lowest BCUT2D eigenvalue weighted by Gasteiger charge is -2.34. The molecule has 1 aliphatic rings. The van der Waals surface area contributed by atoms with Crippen molar-refractivity contribution in [3.63, 3.8) is 0 Å². The first-order valence-corrected chi connectivity index (χ1v) is 7.23. The molecule has 1 aromatic carbocycles. The summed E-state index contributed by atoms with van der Waals surface area (Å²) in [5.74, 6) is 0.0720. The predicted octanol–water partition coefficient (Wildman–Crippen LogP) is 3.30. The molecule has 0 aliphatic heterocycles. The van der Waals surface area contributed by atoms with Gasteiger partial charge in [-0.1, -0.05) is 41.3 Å². The van der Waals surface area contributed by atoms with Gasteiger partial charge in [-0.25, -0.2) is 0 Å². The van der Waals surface area contributed by atoms with Gasteiger partial charge in [0.1, 0.15) is 0 Å². The van der Waals surface area contributed by atoms with Crippen LogP contribution in [0.2, 0.25) is 0 Å². The summed E-state index contributed by atoms with van der Waals surface area (Å²) in [4.78, 5) is 12.4. The minimum atomic E-state index is -0.361. The Balaban J connectivity index is 2.10. The largest absolute Gasteiger partial charge is 0.329 e. The fourth-order valence-corrected chi connectivity index (χ4v) is 2.98. The van der Waals surface area contributed by atoms with Crippen LogP contribution in [0.3, 0.4) is 0 Å². The highest BCUT2D eigenvalue weighted by atomic mass is 79.9. The van der Waals surface area contributed by atoms with Crippen LogP contribution in [0.15, 0.2) is 28.7 Å². The third-order valence-corrected chi connectivity index (χ3v) is 4.26. The molecule has 0 heterocycles. The summed E-state index contributed by atoms with van der Waals surface area (Å²) >= 11 is 3.40. The van der Waals surface area contributed by atoms with Gasteiger partial charge in [-0.2, -0.15) is 0 Å². The number of halogens is 1. The summed E-state index contributed by atoms with van der Waals surface area (Å²) in [5.41, 5.74) is 6.32. The molecule has 1 saturated carbocycles. The van der Waals surface area contributed by atoms with E-state index in [1.807, 2.05) is 24.3 Å². The molecule has 0 bridgehead atoms. The van der Waals surface area contributed by atoms with Crippen LogP contribution in [0, 0.1) is 5.41 Å². The Bertz CT molecular complexity index is 428. The number of hydrogen-bond acceptors (Lipinski definition) is 2. The molecule has 98 valence electrons. The van der Waals surface area contributed by atoms with Gasteiger partial charge < -0.3 is 11.1 Å². The summed E-state index contributed by atoms with van der Waals surface area (Å²) in [6.07, 6.45) is 5.23. The van der Waals surface area contributed by atoms with Gasteiger partial charge >= 0.3 is 0 Å². The second-order valence-corrected chi connectivity index (χ2v) is 5.93. The van der Waals surface area contributed by atoms with Crippen molar-refractivity contribution in [2.24, 2.45) is 11.1 Å². The normalized spacial score (nSPS) is 18.3. The van der Waals surface area contributed by atoms with Crippen LogP contribution >= 0.6 is 15.9 Å². The summed E-state index contributed by atoms with van der Waals surface area (Å²) < 4.78 is 0.964. The zero-order chi connectivity index (χ0) is 13.0. The molecule has 1 aromatic rings. The van der Waals surface area contributed by atoms with Crippen molar-refractivity contribution in [1.29, 1.82) is 0 Å². The van der Waals surface area contributed by atoms with E-state index in [4.69, 9.17) is 5.73 Å². The molecule has 0 radical (unpaired) electrons. The van der Waals surface area contributed by atoms with Gasteiger partial charge in [0.05, 0.1) is 5.41 Å². The average Bonchev–Trinajstić information content (AvgIpc) is 2.39. The molecule has 3 nitrogen and oxygen atoms in total. The second kappa shape index (κ2) is 5.85. The summed E-state index contributed by atoms with van der Waals surface area (Å²) in [5, 5.41) is 3.00. The maximum atomic E-state index is 12.4. The van der Waals surface area contributed by atoms with Crippen molar-refractivity contribution in [3.05, 3.63) is 28.7 Å². The number of benzene rings is 1. The van der Waals surface area contributed by atoms with Crippen molar-refractivity contribution in [2.45, 2.75) is 32.1 Å². The topological polar surface area (TPSA) is 55.1 Å². The van der Waals surface area contributed by atoms with Crippen molar-refractivity contribution in [3.8, 4) is 0 Å². The molecular formula is C14H19BrN2O. The number of carbonyl (C=O) groups is 1. The minimum Gasteiger partial charge on any atom is -0.329 e. The van der Waals surface area contributed by atoms with Crippen LogP contribution in [0.25, 0.3) is 0 Å². The molecule has 18 heavy (non-hydrogen) atoms. The number of carbonyl (C=O) groups excluding carboxylic acids is 1. The molecule has 0 unspecified atom stereocenters. The van der Waals surface area contributed by atoms with Gasteiger partial charge in [0.2, 0.25) is 5.91 Å². The van der Waals surface area contributed by atoms with E-state index in [1.165, 1.54) is 6.42 Å². The molecular weight excluding hydrogens is 292 g/mol. The summed E-state index contributed by atoms with van der Waals surface area (Å²) in [6, 6.07) is 7.66. The van der Waals surface area contributed by atoms with E-state index in [2.05, 4.69) is 21.2 Å². The maximum Gasteiger partial charge on any atom is 0.231 e. The maximum absolute atomic E-state index is 12.4. The summed E-state index contributed by atoms with van der Waals surface area (Å²) in [6.45, 7) is 0.437. The van der Waals surface area contributed by atoms with Crippen LogP contribution in [-0.4, -0.2) is 12.5 Å². The van der Waals surface area contributed by atoms with Crippen molar-refractivity contribution in [1.82, 2.24) is 0 Å². The third-order valence-electron chi connectivity index (χ3n) is 3.77. The standard InChI is InChI=1S/C14H19BrN2O/c15-11-5-4-6-12(9-11)17-13(18)14(10-16)7-2-1-3-8-14/h4-6,9H,1-3,7-8,10,16H2,(H,17,18). The molecule has 3 N–H and O–H groups in total. The zero-order valence-corrected chi connectivity index (χ0v) is 12.0. The first-order valence-electron chi connectivity index (χ1n) is 6.43. The first kappa shape index (κ1) is 13.6. The second-order valence-electron chi connectivity index (χ2n) is 5.01. The van der Waals surface area contributed by atoms with Crippen LogP contribution in [-0.2, 0) is 4.79 Å². The zero-order valence-electron chi connectivity index (χ0n) is 10.4. The van der Waals surface area contributed by atoms with Crippen LogP contribution in [0.5, 0.6) is 0 Å². The Morgan fingerprint density at radius 2 is 2.06 bits per heavy atom. The number of hydrogen-bond donors (Lipinski definition) is 2. The lowest BCUT2D eigenvalue weighted by Crippen LogP contribution is -2.43. The van der Waals surface area contributed by atoms with Gasteiger partial charge in [-0.3, -0.25) is 4.79 Å². The Labute approximate surface area is 116 Å². The highest BCUT2D eigenvalue weighted by Crippen LogP contribution is 2.36. The molecule has 0 saturated heterocycles. The monoisotopic (exact) mass is 310 g/mol. The Kier molecular flexibility index (Phi) is 4.40. The summed E-state index contributed by atoms with van der Waals surface area (Å²) in [7, 11) is 0. The van der Waals surface area contributed by atoms with E-state index in [0.717, 1.165) is 35.8 Å². The SMILES string of the molecule is NCC1(C(=O)Nc2cccc(Br)c2)CCCCC1. The molecule has 1 fully saturated rings. The van der Waals surface area contributed by atoms with E-state index in [-0.39, 0.29) is 11.3 Å². The highest BCUT2D eigenvalue weighted by molar-refractivity contribution is 9.10. The lowest BCUT2D eigenvalue weighted by atomic mass is 9.73. The van der Waals surface area contributed by atoms with Gasteiger partial charge in [0.15, 0.2) is 0 Å². The number of nitrogens with one attached hydrogen (secondary N) is 1. The number of anilines is 1. The lowest BCUT2D eigenvalue weighted by molar-refractivity contribution is -0.126.